The Morgan fingerprint density at radius 2 is 1.40 bits per heavy atom. The van der Waals surface area contributed by atoms with Crippen LogP contribution in [0, 0.1) is 0 Å². The summed E-state index contributed by atoms with van der Waals surface area (Å²) in [6.07, 6.45) is 0.974. The van der Waals surface area contributed by atoms with Gasteiger partial charge < -0.3 is 9.31 Å². The molecule has 0 aromatic heterocycles. The van der Waals surface area contributed by atoms with E-state index in [9.17, 15) is 0 Å². The second kappa shape index (κ2) is 4.93. The molecule has 0 atom stereocenters. The lowest BCUT2D eigenvalue weighted by molar-refractivity contribution is 0.143. The molecule has 0 saturated carbocycles. The quantitative estimate of drug-likeness (QED) is 0.495. The highest BCUT2D eigenvalue weighted by Crippen LogP contribution is 2.24. The summed E-state index contributed by atoms with van der Waals surface area (Å²) >= 11 is 0. The first-order chi connectivity index (χ1) is 9.93. The fourth-order valence-corrected chi connectivity index (χ4v) is 2.95. The summed E-state index contributed by atoms with van der Waals surface area (Å²) in [6.45, 7) is 1.54. The number of rotatable bonds is 1. The Labute approximate surface area is 118 Å². The van der Waals surface area contributed by atoms with Gasteiger partial charge in [0, 0.05) is 13.2 Å². The molecule has 0 bridgehead atoms. The zero-order chi connectivity index (χ0) is 13.4. The van der Waals surface area contributed by atoms with Crippen LogP contribution >= 0.6 is 0 Å². The first kappa shape index (κ1) is 11.9. The van der Waals surface area contributed by atoms with E-state index in [1.807, 2.05) is 0 Å². The van der Waals surface area contributed by atoms with Gasteiger partial charge in [0.2, 0.25) is 0 Å². The molecule has 0 amide bonds. The predicted molar refractivity (Wildman–Crippen MR) is 83.4 cm³/mol. The van der Waals surface area contributed by atoms with Crippen LogP contribution in [0.5, 0.6) is 0 Å². The van der Waals surface area contributed by atoms with Crippen molar-refractivity contribution in [1.29, 1.82) is 0 Å². The minimum absolute atomic E-state index is 0.238. The molecule has 3 heteroatoms. The molecular weight excluding hydrogens is 247 g/mol. The third-order valence-electron chi connectivity index (χ3n) is 3.88. The van der Waals surface area contributed by atoms with Crippen LogP contribution in [0.3, 0.4) is 0 Å². The molecule has 0 radical (unpaired) electrons. The summed E-state index contributed by atoms with van der Waals surface area (Å²) in [6, 6.07) is 19.2. The van der Waals surface area contributed by atoms with Gasteiger partial charge in [0.25, 0.3) is 0 Å². The molecule has 1 fully saturated rings. The van der Waals surface area contributed by atoms with E-state index >= 15 is 0 Å². The van der Waals surface area contributed by atoms with Crippen molar-refractivity contribution >= 4 is 34.1 Å². The SMILES string of the molecule is c1ccc2c(c1)cc(B1OCCCO1)c1ccccc12. The number of fused-ring (bicyclic) bond motifs is 3. The van der Waals surface area contributed by atoms with E-state index in [1.165, 1.54) is 21.5 Å². The third kappa shape index (κ3) is 1.91. The Balaban J connectivity index is 2.02. The zero-order valence-corrected chi connectivity index (χ0v) is 11.2. The Bertz CT molecular complexity index is 763. The highest BCUT2D eigenvalue weighted by molar-refractivity contribution is 6.65. The van der Waals surface area contributed by atoms with Crippen LogP contribution in [-0.4, -0.2) is 20.3 Å². The van der Waals surface area contributed by atoms with E-state index in [2.05, 4.69) is 54.6 Å². The van der Waals surface area contributed by atoms with E-state index in [0.29, 0.717) is 0 Å². The fraction of sp³-hybridized carbons (Fsp3) is 0.176. The standard InChI is InChI=1S/C17H15BO2/c1-2-7-14-13(6-1)12-17(18-19-10-5-11-20-18)16-9-4-3-8-15(14)16/h1-4,6-9,12H,5,10-11H2. The minimum Gasteiger partial charge on any atom is -0.407 e. The maximum Gasteiger partial charge on any atom is 0.494 e. The van der Waals surface area contributed by atoms with Crippen LogP contribution in [0.25, 0.3) is 21.5 Å². The Morgan fingerprint density at radius 3 is 2.20 bits per heavy atom. The normalized spacial score (nSPS) is 15.9. The van der Waals surface area contributed by atoms with Crippen LogP contribution in [0.1, 0.15) is 6.42 Å². The first-order valence-electron chi connectivity index (χ1n) is 7.07. The zero-order valence-electron chi connectivity index (χ0n) is 11.2. The molecule has 0 aliphatic carbocycles. The molecule has 1 saturated heterocycles. The lowest BCUT2D eigenvalue weighted by Crippen LogP contribution is -2.41. The van der Waals surface area contributed by atoms with Gasteiger partial charge in [0.15, 0.2) is 0 Å². The van der Waals surface area contributed by atoms with E-state index in [1.54, 1.807) is 0 Å². The molecular formula is C17H15BO2. The Kier molecular flexibility index (Phi) is 2.94. The molecule has 0 unspecified atom stereocenters. The van der Waals surface area contributed by atoms with Crippen LogP contribution in [-0.2, 0) is 9.31 Å². The molecule has 3 aromatic rings. The van der Waals surface area contributed by atoms with Crippen molar-refractivity contribution in [2.75, 3.05) is 13.2 Å². The van der Waals surface area contributed by atoms with Gasteiger partial charge in [0.1, 0.15) is 0 Å². The van der Waals surface area contributed by atoms with Gasteiger partial charge in [-0.25, -0.2) is 0 Å². The van der Waals surface area contributed by atoms with Gasteiger partial charge in [-0.05, 0) is 33.4 Å². The van der Waals surface area contributed by atoms with Crippen LogP contribution < -0.4 is 5.46 Å². The topological polar surface area (TPSA) is 18.5 Å². The van der Waals surface area contributed by atoms with Crippen molar-refractivity contribution in [1.82, 2.24) is 0 Å². The molecule has 0 spiro atoms. The molecule has 1 heterocycles. The summed E-state index contributed by atoms with van der Waals surface area (Å²) in [4.78, 5) is 0. The Morgan fingerprint density at radius 1 is 0.750 bits per heavy atom. The molecule has 3 aromatic carbocycles. The molecule has 4 rings (SSSR count). The second-order valence-electron chi connectivity index (χ2n) is 5.16. The maximum atomic E-state index is 5.80. The van der Waals surface area contributed by atoms with E-state index in [0.717, 1.165) is 25.1 Å². The summed E-state index contributed by atoms with van der Waals surface area (Å²) in [5, 5.41) is 5.00. The van der Waals surface area contributed by atoms with E-state index < -0.39 is 0 Å². The van der Waals surface area contributed by atoms with Crippen molar-refractivity contribution in [2.24, 2.45) is 0 Å². The van der Waals surface area contributed by atoms with Crippen molar-refractivity contribution in [3.8, 4) is 0 Å². The van der Waals surface area contributed by atoms with Gasteiger partial charge in [-0.2, -0.15) is 0 Å². The average molecular weight is 262 g/mol. The fourth-order valence-electron chi connectivity index (χ4n) is 2.95. The van der Waals surface area contributed by atoms with Crippen molar-refractivity contribution < 1.29 is 9.31 Å². The molecule has 1 aliphatic heterocycles. The van der Waals surface area contributed by atoms with Crippen LogP contribution in [0.15, 0.2) is 54.6 Å². The molecule has 20 heavy (non-hydrogen) atoms. The monoisotopic (exact) mass is 262 g/mol. The molecule has 0 N–H and O–H groups in total. The highest BCUT2D eigenvalue weighted by Gasteiger charge is 2.26. The summed E-state index contributed by atoms with van der Waals surface area (Å²) in [7, 11) is -0.238. The lowest BCUT2D eigenvalue weighted by atomic mass is 9.74. The highest BCUT2D eigenvalue weighted by atomic mass is 16.6. The van der Waals surface area contributed by atoms with E-state index in [4.69, 9.17) is 9.31 Å². The number of benzene rings is 3. The second-order valence-corrected chi connectivity index (χ2v) is 5.16. The van der Waals surface area contributed by atoms with Gasteiger partial charge in [0.05, 0.1) is 0 Å². The third-order valence-corrected chi connectivity index (χ3v) is 3.88. The average Bonchev–Trinajstić information content (AvgIpc) is 2.55. The van der Waals surface area contributed by atoms with Gasteiger partial charge in [-0.15, -0.1) is 0 Å². The van der Waals surface area contributed by atoms with Crippen LogP contribution in [0.2, 0.25) is 0 Å². The van der Waals surface area contributed by atoms with Gasteiger partial charge >= 0.3 is 7.12 Å². The molecule has 2 nitrogen and oxygen atoms in total. The van der Waals surface area contributed by atoms with Gasteiger partial charge in [-0.3, -0.25) is 0 Å². The first-order valence-corrected chi connectivity index (χ1v) is 7.07. The van der Waals surface area contributed by atoms with Crippen molar-refractivity contribution in [3.05, 3.63) is 54.6 Å². The summed E-state index contributed by atoms with van der Waals surface area (Å²) in [5.74, 6) is 0. The van der Waals surface area contributed by atoms with Crippen LogP contribution in [0.4, 0.5) is 0 Å². The maximum absolute atomic E-state index is 5.80. The molecule has 1 aliphatic rings. The summed E-state index contributed by atoms with van der Waals surface area (Å²) < 4.78 is 11.6. The number of hydrogen-bond acceptors (Lipinski definition) is 2. The summed E-state index contributed by atoms with van der Waals surface area (Å²) in [5.41, 5.74) is 1.14. The Hall–Kier alpha value is -1.84. The number of hydrogen-bond donors (Lipinski definition) is 0. The lowest BCUT2D eigenvalue weighted by Gasteiger charge is -2.21. The predicted octanol–water partition coefficient (Wildman–Crippen LogP) is 3.13. The molecule has 98 valence electrons. The van der Waals surface area contributed by atoms with Crippen molar-refractivity contribution in [3.63, 3.8) is 0 Å². The van der Waals surface area contributed by atoms with E-state index in [-0.39, 0.29) is 7.12 Å². The smallest absolute Gasteiger partial charge is 0.407 e. The van der Waals surface area contributed by atoms with Gasteiger partial charge in [-0.1, -0.05) is 54.6 Å². The van der Waals surface area contributed by atoms with Crippen molar-refractivity contribution in [2.45, 2.75) is 6.42 Å². The largest absolute Gasteiger partial charge is 0.494 e. The minimum atomic E-state index is -0.238.